The van der Waals surface area contributed by atoms with Crippen molar-refractivity contribution in [3.05, 3.63) is 0 Å². The largest absolute Gasteiger partial charge is 0.474 e. The van der Waals surface area contributed by atoms with E-state index < -0.39 is 23.2 Å². The monoisotopic (exact) mass is 188 g/mol. The first-order valence-corrected chi connectivity index (χ1v) is 3.58. The Morgan fingerprint density at radius 2 is 1.85 bits per heavy atom. The van der Waals surface area contributed by atoms with E-state index in [0.717, 1.165) is 0 Å². The molecule has 0 unspecified atom stereocenters. The average molecular weight is 188 g/mol. The summed E-state index contributed by atoms with van der Waals surface area (Å²) in [7, 11) is 0. The van der Waals surface area contributed by atoms with Crippen LogP contribution in [0.3, 0.4) is 0 Å². The summed E-state index contributed by atoms with van der Waals surface area (Å²) in [6.45, 7) is 2.93. The molecule has 0 fully saturated rings. The molecule has 0 aliphatic heterocycles. The van der Waals surface area contributed by atoms with Gasteiger partial charge in [0, 0.05) is 6.54 Å². The van der Waals surface area contributed by atoms with Gasteiger partial charge in [0.15, 0.2) is 0 Å². The quantitative estimate of drug-likeness (QED) is 0.478. The highest BCUT2D eigenvalue weighted by atomic mass is 16.4. The zero-order valence-corrected chi connectivity index (χ0v) is 7.46. The second-order valence-corrected chi connectivity index (χ2v) is 3.24. The van der Waals surface area contributed by atoms with Gasteiger partial charge in [0.1, 0.15) is 0 Å². The number of carboxylic acid groups (broad SMARTS) is 1. The van der Waals surface area contributed by atoms with E-state index in [1.54, 1.807) is 0 Å². The first kappa shape index (κ1) is 11.4. The van der Waals surface area contributed by atoms with Crippen molar-refractivity contribution in [3.8, 4) is 0 Å². The van der Waals surface area contributed by atoms with Crippen LogP contribution in [0, 0.1) is 5.41 Å². The van der Waals surface area contributed by atoms with Crippen molar-refractivity contribution in [1.29, 1.82) is 0 Å². The number of nitrogens with one attached hydrogen (secondary N) is 1. The van der Waals surface area contributed by atoms with Gasteiger partial charge < -0.3 is 16.2 Å². The minimum atomic E-state index is -1.58. The Morgan fingerprint density at radius 3 is 2.15 bits per heavy atom. The second-order valence-electron chi connectivity index (χ2n) is 3.24. The number of hydrogen-bond donors (Lipinski definition) is 3. The highest BCUT2D eigenvalue weighted by molar-refractivity contribution is 6.31. The SMILES string of the molecule is CC(C)(CNC(=O)C(=O)O)C(N)=O. The summed E-state index contributed by atoms with van der Waals surface area (Å²) in [6.07, 6.45) is 0. The maximum atomic E-state index is 10.7. The molecular formula is C7H12N2O4. The summed E-state index contributed by atoms with van der Waals surface area (Å²) in [5.74, 6) is -3.33. The minimum absolute atomic E-state index is 0.0898. The zero-order chi connectivity index (χ0) is 10.6. The van der Waals surface area contributed by atoms with Crippen LogP contribution in [0.5, 0.6) is 0 Å². The highest BCUT2D eigenvalue weighted by Crippen LogP contribution is 2.11. The molecule has 6 nitrogen and oxygen atoms in total. The number of amides is 2. The minimum Gasteiger partial charge on any atom is -0.474 e. The maximum absolute atomic E-state index is 10.7. The molecule has 0 aliphatic carbocycles. The molecule has 6 heteroatoms. The molecule has 0 aromatic carbocycles. The number of carboxylic acids is 1. The fourth-order valence-corrected chi connectivity index (χ4v) is 0.464. The van der Waals surface area contributed by atoms with Crippen molar-refractivity contribution in [1.82, 2.24) is 5.32 Å². The Labute approximate surface area is 75.1 Å². The Balaban J connectivity index is 4.10. The number of rotatable bonds is 3. The average Bonchev–Trinajstić information content (AvgIpc) is 1.99. The van der Waals surface area contributed by atoms with E-state index in [-0.39, 0.29) is 6.54 Å². The first-order valence-electron chi connectivity index (χ1n) is 3.58. The van der Waals surface area contributed by atoms with Crippen LogP contribution in [-0.2, 0) is 14.4 Å². The number of primary amides is 1. The molecule has 0 radical (unpaired) electrons. The lowest BCUT2D eigenvalue weighted by atomic mass is 9.93. The van der Waals surface area contributed by atoms with Gasteiger partial charge in [-0.3, -0.25) is 9.59 Å². The molecule has 0 bridgehead atoms. The third-order valence-electron chi connectivity index (χ3n) is 1.55. The summed E-state index contributed by atoms with van der Waals surface area (Å²) in [5, 5.41) is 10.3. The molecule has 0 saturated carbocycles. The van der Waals surface area contributed by atoms with E-state index >= 15 is 0 Å². The number of aliphatic carboxylic acids is 1. The predicted octanol–water partition coefficient (Wildman–Crippen LogP) is -1.30. The summed E-state index contributed by atoms with van der Waals surface area (Å²) in [6, 6.07) is 0. The van der Waals surface area contributed by atoms with Crippen molar-refractivity contribution < 1.29 is 19.5 Å². The molecule has 0 aromatic rings. The van der Waals surface area contributed by atoms with Gasteiger partial charge >= 0.3 is 11.9 Å². The number of carbonyl (C=O) groups is 3. The lowest BCUT2D eigenvalue weighted by Crippen LogP contribution is -2.44. The third-order valence-corrected chi connectivity index (χ3v) is 1.55. The van der Waals surface area contributed by atoms with Crippen LogP contribution < -0.4 is 11.1 Å². The van der Waals surface area contributed by atoms with E-state index in [0.29, 0.717) is 0 Å². The van der Waals surface area contributed by atoms with Gasteiger partial charge in [-0.05, 0) is 13.8 Å². The van der Waals surface area contributed by atoms with Gasteiger partial charge in [0.05, 0.1) is 5.41 Å². The van der Waals surface area contributed by atoms with Crippen LogP contribution in [0.1, 0.15) is 13.8 Å². The van der Waals surface area contributed by atoms with Crippen LogP contribution in [-0.4, -0.2) is 29.4 Å². The summed E-state index contributed by atoms with van der Waals surface area (Å²) >= 11 is 0. The van der Waals surface area contributed by atoms with Gasteiger partial charge in [-0.2, -0.15) is 0 Å². The summed E-state index contributed by atoms with van der Waals surface area (Å²) in [5.41, 5.74) is 4.06. The van der Waals surface area contributed by atoms with Crippen molar-refractivity contribution >= 4 is 17.8 Å². The lowest BCUT2D eigenvalue weighted by Gasteiger charge is -2.19. The Kier molecular flexibility index (Phi) is 3.41. The molecule has 0 aliphatic rings. The molecule has 74 valence electrons. The Bertz CT molecular complexity index is 247. The van der Waals surface area contributed by atoms with Gasteiger partial charge in [-0.25, -0.2) is 4.79 Å². The summed E-state index contributed by atoms with van der Waals surface area (Å²) in [4.78, 5) is 31.3. The van der Waals surface area contributed by atoms with Crippen molar-refractivity contribution in [2.75, 3.05) is 6.54 Å². The molecule has 2 amide bonds. The van der Waals surface area contributed by atoms with Crippen LogP contribution in [0.2, 0.25) is 0 Å². The molecular weight excluding hydrogens is 176 g/mol. The maximum Gasteiger partial charge on any atom is 0.394 e. The molecule has 0 saturated heterocycles. The lowest BCUT2D eigenvalue weighted by molar-refractivity contribution is -0.150. The first-order chi connectivity index (χ1) is 5.77. The topological polar surface area (TPSA) is 109 Å². The molecule has 13 heavy (non-hydrogen) atoms. The molecule has 0 atom stereocenters. The van der Waals surface area contributed by atoms with Gasteiger partial charge in [0.2, 0.25) is 5.91 Å². The van der Waals surface area contributed by atoms with E-state index in [4.69, 9.17) is 10.8 Å². The predicted molar refractivity (Wildman–Crippen MR) is 43.6 cm³/mol. The molecule has 0 aromatic heterocycles. The zero-order valence-electron chi connectivity index (χ0n) is 7.46. The second kappa shape index (κ2) is 3.88. The molecule has 0 spiro atoms. The smallest absolute Gasteiger partial charge is 0.394 e. The van der Waals surface area contributed by atoms with E-state index in [1.807, 2.05) is 0 Å². The molecule has 4 N–H and O–H groups in total. The van der Waals surface area contributed by atoms with Crippen molar-refractivity contribution in [2.45, 2.75) is 13.8 Å². The van der Waals surface area contributed by atoms with Crippen LogP contribution in [0.4, 0.5) is 0 Å². The van der Waals surface area contributed by atoms with E-state index in [1.165, 1.54) is 13.8 Å². The summed E-state index contributed by atoms with van der Waals surface area (Å²) < 4.78 is 0. The number of carbonyl (C=O) groups excluding carboxylic acids is 2. The normalized spacial score (nSPS) is 10.6. The third kappa shape index (κ3) is 3.55. The Hall–Kier alpha value is -1.59. The Morgan fingerprint density at radius 1 is 1.38 bits per heavy atom. The fourth-order valence-electron chi connectivity index (χ4n) is 0.464. The molecule has 0 heterocycles. The highest BCUT2D eigenvalue weighted by Gasteiger charge is 2.26. The van der Waals surface area contributed by atoms with Crippen molar-refractivity contribution in [2.24, 2.45) is 11.1 Å². The van der Waals surface area contributed by atoms with Gasteiger partial charge in [0.25, 0.3) is 0 Å². The number of hydrogen-bond acceptors (Lipinski definition) is 3. The standard InChI is InChI=1S/C7H12N2O4/c1-7(2,6(8)13)3-9-4(10)5(11)12/h3H2,1-2H3,(H2,8,13)(H,9,10)(H,11,12). The fraction of sp³-hybridized carbons (Fsp3) is 0.571. The van der Waals surface area contributed by atoms with Gasteiger partial charge in [-0.1, -0.05) is 0 Å². The van der Waals surface area contributed by atoms with Crippen molar-refractivity contribution in [3.63, 3.8) is 0 Å². The van der Waals surface area contributed by atoms with Crippen LogP contribution in [0.15, 0.2) is 0 Å². The van der Waals surface area contributed by atoms with Crippen LogP contribution in [0.25, 0.3) is 0 Å². The number of nitrogens with two attached hydrogens (primary N) is 1. The van der Waals surface area contributed by atoms with E-state index in [9.17, 15) is 14.4 Å². The van der Waals surface area contributed by atoms with Gasteiger partial charge in [-0.15, -0.1) is 0 Å². The van der Waals surface area contributed by atoms with Crippen LogP contribution >= 0.6 is 0 Å². The molecule has 0 rings (SSSR count). The van der Waals surface area contributed by atoms with E-state index in [2.05, 4.69) is 5.32 Å².